The highest BCUT2D eigenvalue weighted by atomic mass is 15.2. The first-order valence-electron chi connectivity index (χ1n) is 5.04. The molecule has 0 aliphatic heterocycles. The van der Waals surface area contributed by atoms with Gasteiger partial charge in [0.05, 0.1) is 6.04 Å². The molecule has 1 saturated carbocycles. The summed E-state index contributed by atoms with van der Waals surface area (Å²) in [5.74, 6) is 7.12. The lowest BCUT2D eigenvalue weighted by atomic mass is 10.1. The molecule has 0 bridgehead atoms. The van der Waals surface area contributed by atoms with Crippen molar-refractivity contribution in [2.75, 3.05) is 0 Å². The lowest BCUT2D eigenvalue weighted by molar-refractivity contribution is 0.464. The Morgan fingerprint density at radius 3 is 2.64 bits per heavy atom. The molecule has 14 heavy (non-hydrogen) atoms. The SMILES string of the molecule is Cc1cnc(C(CC2CC2)NN)nc1. The minimum absolute atomic E-state index is 0.114. The molecule has 1 atom stereocenters. The van der Waals surface area contributed by atoms with Gasteiger partial charge in [-0.25, -0.2) is 15.4 Å². The number of aromatic nitrogens is 2. The highest BCUT2D eigenvalue weighted by molar-refractivity contribution is 5.05. The molecular formula is C10H16N4. The molecule has 0 saturated heterocycles. The maximum atomic E-state index is 5.49. The standard InChI is InChI=1S/C10H16N4/c1-7-5-12-10(13-6-7)9(14-11)4-8-2-3-8/h5-6,8-9,14H,2-4,11H2,1H3. The van der Waals surface area contributed by atoms with Crippen molar-refractivity contribution in [3.63, 3.8) is 0 Å². The van der Waals surface area contributed by atoms with Crippen LogP contribution in [0.3, 0.4) is 0 Å². The van der Waals surface area contributed by atoms with Crippen molar-refractivity contribution in [3.8, 4) is 0 Å². The fraction of sp³-hybridized carbons (Fsp3) is 0.600. The number of hydrogen-bond donors (Lipinski definition) is 2. The number of nitrogens with two attached hydrogens (primary N) is 1. The van der Waals surface area contributed by atoms with E-state index < -0.39 is 0 Å². The fourth-order valence-electron chi connectivity index (χ4n) is 1.52. The van der Waals surface area contributed by atoms with Crippen LogP contribution in [0.2, 0.25) is 0 Å². The second-order valence-electron chi connectivity index (χ2n) is 4.02. The second kappa shape index (κ2) is 4.02. The molecule has 2 rings (SSSR count). The van der Waals surface area contributed by atoms with E-state index >= 15 is 0 Å². The van der Waals surface area contributed by atoms with Crippen LogP contribution in [0.4, 0.5) is 0 Å². The van der Waals surface area contributed by atoms with E-state index in [1.807, 2.05) is 19.3 Å². The van der Waals surface area contributed by atoms with E-state index in [1.165, 1.54) is 12.8 Å². The van der Waals surface area contributed by atoms with Crippen LogP contribution in [0.5, 0.6) is 0 Å². The van der Waals surface area contributed by atoms with Gasteiger partial charge in [-0.2, -0.15) is 0 Å². The number of aryl methyl sites for hydroxylation is 1. The molecule has 0 spiro atoms. The van der Waals surface area contributed by atoms with Gasteiger partial charge in [0.2, 0.25) is 0 Å². The monoisotopic (exact) mass is 192 g/mol. The van der Waals surface area contributed by atoms with Gasteiger partial charge in [-0.1, -0.05) is 12.8 Å². The second-order valence-corrected chi connectivity index (χ2v) is 4.02. The molecule has 76 valence electrons. The zero-order valence-electron chi connectivity index (χ0n) is 8.40. The molecule has 4 nitrogen and oxygen atoms in total. The van der Waals surface area contributed by atoms with Crippen LogP contribution in [0.1, 0.15) is 36.7 Å². The Balaban J connectivity index is 2.05. The van der Waals surface area contributed by atoms with Crippen LogP contribution >= 0.6 is 0 Å². The molecule has 1 heterocycles. The molecule has 1 aliphatic rings. The average Bonchev–Trinajstić information content (AvgIpc) is 3.00. The molecule has 1 unspecified atom stereocenters. The first-order chi connectivity index (χ1) is 6.79. The molecule has 0 radical (unpaired) electrons. The molecule has 1 aromatic heterocycles. The molecule has 1 aliphatic carbocycles. The van der Waals surface area contributed by atoms with E-state index in [0.717, 1.165) is 23.7 Å². The van der Waals surface area contributed by atoms with Crippen LogP contribution in [0.25, 0.3) is 0 Å². The Morgan fingerprint density at radius 2 is 2.14 bits per heavy atom. The van der Waals surface area contributed by atoms with Gasteiger partial charge in [0.25, 0.3) is 0 Å². The third-order valence-electron chi connectivity index (χ3n) is 2.58. The summed E-state index contributed by atoms with van der Waals surface area (Å²) in [6.07, 6.45) is 7.37. The summed E-state index contributed by atoms with van der Waals surface area (Å²) in [6.45, 7) is 1.98. The van der Waals surface area contributed by atoms with Gasteiger partial charge in [0.1, 0.15) is 5.82 Å². The predicted octanol–water partition coefficient (Wildman–Crippen LogP) is 1.09. The zero-order chi connectivity index (χ0) is 9.97. The normalized spacial score (nSPS) is 18.1. The maximum absolute atomic E-state index is 5.49. The van der Waals surface area contributed by atoms with E-state index in [-0.39, 0.29) is 6.04 Å². The van der Waals surface area contributed by atoms with Crippen LogP contribution in [0, 0.1) is 12.8 Å². The maximum Gasteiger partial charge on any atom is 0.146 e. The minimum atomic E-state index is 0.114. The Hall–Kier alpha value is -1.00. The van der Waals surface area contributed by atoms with Crippen LogP contribution in [-0.4, -0.2) is 9.97 Å². The Kier molecular flexibility index (Phi) is 2.74. The van der Waals surface area contributed by atoms with Crippen molar-refractivity contribution in [2.24, 2.45) is 11.8 Å². The number of nitrogens with zero attached hydrogens (tertiary/aromatic N) is 2. The summed E-state index contributed by atoms with van der Waals surface area (Å²) in [4.78, 5) is 8.55. The summed E-state index contributed by atoms with van der Waals surface area (Å²) in [5.41, 5.74) is 3.86. The van der Waals surface area contributed by atoms with Crippen LogP contribution < -0.4 is 11.3 Å². The van der Waals surface area contributed by atoms with Crippen LogP contribution in [0.15, 0.2) is 12.4 Å². The summed E-state index contributed by atoms with van der Waals surface area (Å²) < 4.78 is 0. The van der Waals surface area contributed by atoms with Crippen molar-refractivity contribution in [3.05, 3.63) is 23.8 Å². The van der Waals surface area contributed by atoms with Crippen molar-refractivity contribution in [1.29, 1.82) is 0 Å². The Bertz CT molecular complexity index is 291. The molecule has 1 aromatic rings. The third-order valence-corrected chi connectivity index (χ3v) is 2.58. The lowest BCUT2D eigenvalue weighted by Crippen LogP contribution is -2.29. The third kappa shape index (κ3) is 2.27. The van der Waals surface area contributed by atoms with Gasteiger partial charge in [-0.15, -0.1) is 0 Å². The largest absolute Gasteiger partial charge is 0.271 e. The first-order valence-corrected chi connectivity index (χ1v) is 5.04. The number of rotatable bonds is 4. The molecular weight excluding hydrogens is 176 g/mol. The Morgan fingerprint density at radius 1 is 1.50 bits per heavy atom. The summed E-state index contributed by atoms with van der Waals surface area (Å²) >= 11 is 0. The molecule has 0 aromatic carbocycles. The van der Waals surface area contributed by atoms with Gasteiger partial charge in [0.15, 0.2) is 0 Å². The number of nitrogens with one attached hydrogen (secondary N) is 1. The first kappa shape index (κ1) is 9.55. The molecule has 1 fully saturated rings. The molecule has 4 heteroatoms. The van der Waals surface area contributed by atoms with E-state index in [0.29, 0.717) is 0 Å². The van der Waals surface area contributed by atoms with Gasteiger partial charge in [-0.05, 0) is 24.8 Å². The minimum Gasteiger partial charge on any atom is -0.271 e. The highest BCUT2D eigenvalue weighted by Gasteiger charge is 2.26. The van der Waals surface area contributed by atoms with Crippen molar-refractivity contribution in [2.45, 2.75) is 32.2 Å². The topological polar surface area (TPSA) is 63.8 Å². The number of hydrogen-bond acceptors (Lipinski definition) is 4. The van der Waals surface area contributed by atoms with E-state index in [1.54, 1.807) is 0 Å². The van der Waals surface area contributed by atoms with E-state index in [9.17, 15) is 0 Å². The highest BCUT2D eigenvalue weighted by Crippen LogP contribution is 2.36. The van der Waals surface area contributed by atoms with Gasteiger partial charge >= 0.3 is 0 Å². The van der Waals surface area contributed by atoms with Gasteiger partial charge in [-0.3, -0.25) is 5.84 Å². The van der Waals surface area contributed by atoms with Gasteiger partial charge in [0, 0.05) is 12.4 Å². The van der Waals surface area contributed by atoms with E-state index in [4.69, 9.17) is 5.84 Å². The van der Waals surface area contributed by atoms with Crippen molar-refractivity contribution < 1.29 is 0 Å². The number of hydrazine groups is 1. The van der Waals surface area contributed by atoms with Gasteiger partial charge < -0.3 is 0 Å². The summed E-state index contributed by atoms with van der Waals surface area (Å²) in [5, 5.41) is 0. The van der Waals surface area contributed by atoms with Crippen molar-refractivity contribution >= 4 is 0 Å². The molecule has 0 amide bonds. The van der Waals surface area contributed by atoms with E-state index in [2.05, 4.69) is 15.4 Å². The molecule has 3 N–H and O–H groups in total. The Labute approximate surface area is 83.9 Å². The summed E-state index contributed by atoms with van der Waals surface area (Å²) in [7, 11) is 0. The van der Waals surface area contributed by atoms with Crippen LogP contribution in [-0.2, 0) is 0 Å². The average molecular weight is 192 g/mol. The summed E-state index contributed by atoms with van der Waals surface area (Å²) in [6, 6.07) is 0.114. The predicted molar refractivity (Wildman–Crippen MR) is 54.2 cm³/mol. The smallest absolute Gasteiger partial charge is 0.146 e. The lowest BCUT2D eigenvalue weighted by Gasteiger charge is -2.13. The fourth-order valence-corrected chi connectivity index (χ4v) is 1.52. The quantitative estimate of drug-likeness (QED) is 0.553. The zero-order valence-corrected chi connectivity index (χ0v) is 8.40. The van der Waals surface area contributed by atoms with Crippen molar-refractivity contribution in [1.82, 2.24) is 15.4 Å².